The standard InChI is InChI=1S/C21H26BrN3O2/c1-14-19(21(26)23-7-9-25-8-2-11-27-12-10-25)17-13-16(22)5-6-18(17)24-20(14)15-3-4-15/h5-6,13,15H,2-4,7-12H2,1H3,(H,23,26). The van der Waals surface area contributed by atoms with Gasteiger partial charge in [-0.3, -0.25) is 14.7 Å². The van der Waals surface area contributed by atoms with Crippen LogP contribution in [0.1, 0.15) is 46.8 Å². The fourth-order valence-corrected chi connectivity index (χ4v) is 4.19. The quantitative estimate of drug-likeness (QED) is 0.784. The number of hydrogen-bond donors (Lipinski definition) is 1. The van der Waals surface area contributed by atoms with Crippen LogP contribution in [0, 0.1) is 6.92 Å². The number of pyridine rings is 1. The molecule has 0 spiro atoms. The number of nitrogens with zero attached hydrogens (tertiary/aromatic N) is 2. The zero-order chi connectivity index (χ0) is 18.8. The number of amides is 1. The third-order valence-electron chi connectivity index (χ3n) is 5.45. The Morgan fingerprint density at radius 3 is 3.00 bits per heavy atom. The van der Waals surface area contributed by atoms with E-state index in [-0.39, 0.29) is 5.91 Å². The zero-order valence-electron chi connectivity index (χ0n) is 15.8. The lowest BCUT2D eigenvalue weighted by molar-refractivity contribution is 0.0948. The Hall–Kier alpha value is -1.50. The molecule has 0 radical (unpaired) electrons. The summed E-state index contributed by atoms with van der Waals surface area (Å²) in [5.41, 5.74) is 3.81. The molecular weight excluding hydrogens is 406 g/mol. The summed E-state index contributed by atoms with van der Waals surface area (Å²) in [6, 6.07) is 6.00. The Labute approximate surface area is 168 Å². The van der Waals surface area contributed by atoms with E-state index in [9.17, 15) is 4.79 Å². The van der Waals surface area contributed by atoms with Gasteiger partial charge in [-0.25, -0.2) is 0 Å². The van der Waals surface area contributed by atoms with Crippen molar-refractivity contribution in [3.05, 3.63) is 39.5 Å². The van der Waals surface area contributed by atoms with Crippen molar-refractivity contribution < 1.29 is 9.53 Å². The highest BCUT2D eigenvalue weighted by molar-refractivity contribution is 9.10. The van der Waals surface area contributed by atoms with E-state index in [0.717, 1.165) is 71.5 Å². The van der Waals surface area contributed by atoms with Crippen LogP contribution in [0.15, 0.2) is 22.7 Å². The van der Waals surface area contributed by atoms with E-state index in [0.29, 0.717) is 12.5 Å². The van der Waals surface area contributed by atoms with Gasteiger partial charge in [-0.1, -0.05) is 15.9 Å². The molecule has 6 heteroatoms. The molecule has 144 valence electrons. The zero-order valence-corrected chi connectivity index (χ0v) is 17.3. The molecular formula is C21H26BrN3O2. The number of hydrogen-bond acceptors (Lipinski definition) is 4. The van der Waals surface area contributed by atoms with Crippen LogP contribution in [0.4, 0.5) is 0 Å². The van der Waals surface area contributed by atoms with Gasteiger partial charge in [-0.2, -0.15) is 0 Å². The van der Waals surface area contributed by atoms with E-state index >= 15 is 0 Å². The van der Waals surface area contributed by atoms with E-state index in [1.54, 1.807) is 0 Å². The maximum absolute atomic E-state index is 13.1. The van der Waals surface area contributed by atoms with Crippen LogP contribution < -0.4 is 5.32 Å². The molecule has 0 bridgehead atoms. The van der Waals surface area contributed by atoms with Crippen molar-refractivity contribution in [2.45, 2.75) is 32.1 Å². The van der Waals surface area contributed by atoms with Crippen molar-refractivity contribution in [3.8, 4) is 0 Å². The highest BCUT2D eigenvalue weighted by Crippen LogP contribution is 2.42. The summed E-state index contributed by atoms with van der Waals surface area (Å²) in [7, 11) is 0. The summed E-state index contributed by atoms with van der Waals surface area (Å²) < 4.78 is 6.46. The summed E-state index contributed by atoms with van der Waals surface area (Å²) in [6.07, 6.45) is 3.41. The van der Waals surface area contributed by atoms with Crippen LogP contribution in [0.3, 0.4) is 0 Å². The molecule has 4 rings (SSSR count). The number of fused-ring (bicyclic) bond motifs is 1. The van der Waals surface area contributed by atoms with E-state index in [1.807, 2.05) is 25.1 Å². The summed E-state index contributed by atoms with van der Waals surface area (Å²) in [5, 5.41) is 4.06. The van der Waals surface area contributed by atoms with Crippen LogP contribution in [0.2, 0.25) is 0 Å². The first-order chi connectivity index (χ1) is 13.1. The van der Waals surface area contributed by atoms with Gasteiger partial charge in [0.25, 0.3) is 5.91 Å². The van der Waals surface area contributed by atoms with Gasteiger partial charge in [0.1, 0.15) is 0 Å². The molecule has 0 unspecified atom stereocenters. The molecule has 1 aromatic heterocycles. The molecule has 0 atom stereocenters. The largest absolute Gasteiger partial charge is 0.380 e. The molecule has 1 aromatic carbocycles. The Kier molecular flexibility index (Phi) is 5.76. The Morgan fingerprint density at radius 1 is 1.33 bits per heavy atom. The second-order valence-electron chi connectivity index (χ2n) is 7.50. The highest BCUT2D eigenvalue weighted by Gasteiger charge is 2.29. The summed E-state index contributed by atoms with van der Waals surface area (Å²) in [5.74, 6) is 0.521. The first-order valence-electron chi connectivity index (χ1n) is 9.81. The third-order valence-corrected chi connectivity index (χ3v) is 5.94. The van der Waals surface area contributed by atoms with Gasteiger partial charge in [0, 0.05) is 54.3 Å². The van der Waals surface area contributed by atoms with Crippen molar-refractivity contribution >= 4 is 32.7 Å². The second kappa shape index (κ2) is 8.25. The second-order valence-corrected chi connectivity index (χ2v) is 8.41. The first kappa shape index (κ1) is 18.8. The molecule has 1 aliphatic heterocycles. The number of nitrogens with one attached hydrogen (secondary N) is 1. The predicted molar refractivity (Wildman–Crippen MR) is 110 cm³/mol. The Balaban J connectivity index is 1.54. The summed E-state index contributed by atoms with van der Waals surface area (Å²) in [4.78, 5) is 20.3. The first-order valence-corrected chi connectivity index (χ1v) is 10.6. The van der Waals surface area contributed by atoms with Gasteiger partial charge in [0.05, 0.1) is 17.7 Å². The van der Waals surface area contributed by atoms with E-state index in [4.69, 9.17) is 9.72 Å². The lowest BCUT2D eigenvalue weighted by atomic mass is 9.98. The van der Waals surface area contributed by atoms with Crippen molar-refractivity contribution in [1.82, 2.24) is 15.2 Å². The minimum Gasteiger partial charge on any atom is -0.380 e. The summed E-state index contributed by atoms with van der Waals surface area (Å²) in [6.45, 7) is 7.13. The fourth-order valence-electron chi connectivity index (χ4n) is 3.83. The lowest BCUT2D eigenvalue weighted by Gasteiger charge is -2.20. The number of aromatic nitrogens is 1. The minimum atomic E-state index is 0.00553. The lowest BCUT2D eigenvalue weighted by Crippen LogP contribution is -2.36. The third kappa shape index (κ3) is 4.33. The van der Waals surface area contributed by atoms with Crippen LogP contribution in [0.5, 0.6) is 0 Å². The van der Waals surface area contributed by atoms with Gasteiger partial charge in [0.15, 0.2) is 0 Å². The van der Waals surface area contributed by atoms with Gasteiger partial charge < -0.3 is 10.1 Å². The van der Waals surface area contributed by atoms with Crippen LogP contribution in [-0.4, -0.2) is 55.2 Å². The van der Waals surface area contributed by atoms with Crippen molar-refractivity contribution in [1.29, 1.82) is 0 Å². The molecule has 1 amide bonds. The Bertz CT molecular complexity index is 843. The Morgan fingerprint density at radius 2 is 2.19 bits per heavy atom. The highest BCUT2D eigenvalue weighted by atomic mass is 79.9. The van der Waals surface area contributed by atoms with Gasteiger partial charge in [-0.05, 0) is 49.9 Å². The molecule has 1 saturated carbocycles. The molecule has 1 aliphatic carbocycles. The molecule has 2 aliphatic rings. The minimum absolute atomic E-state index is 0.00553. The van der Waals surface area contributed by atoms with Crippen LogP contribution in [-0.2, 0) is 4.74 Å². The molecule has 2 fully saturated rings. The van der Waals surface area contributed by atoms with E-state index in [2.05, 4.69) is 26.1 Å². The van der Waals surface area contributed by atoms with E-state index in [1.165, 1.54) is 12.8 Å². The molecule has 2 heterocycles. The van der Waals surface area contributed by atoms with E-state index < -0.39 is 0 Å². The summed E-state index contributed by atoms with van der Waals surface area (Å²) >= 11 is 3.53. The number of benzene rings is 1. The molecule has 1 saturated heterocycles. The molecule has 2 aromatic rings. The van der Waals surface area contributed by atoms with Gasteiger partial charge >= 0.3 is 0 Å². The maximum atomic E-state index is 13.1. The topological polar surface area (TPSA) is 54.5 Å². The molecule has 27 heavy (non-hydrogen) atoms. The maximum Gasteiger partial charge on any atom is 0.252 e. The average Bonchev–Trinajstić information content (AvgIpc) is 3.49. The van der Waals surface area contributed by atoms with Crippen molar-refractivity contribution in [3.63, 3.8) is 0 Å². The number of halogens is 1. The monoisotopic (exact) mass is 431 g/mol. The number of rotatable bonds is 5. The normalized spacial score (nSPS) is 18.4. The molecule has 5 nitrogen and oxygen atoms in total. The average molecular weight is 432 g/mol. The number of carbonyl (C=O) groups excluding carboxylic acids is 1. The van der Waals surface area contributed by atoms with Crippen molar-refractivity contribution in [2.24, 2.45) is 0 Å². The van der Waals surface area contributed by atoms with Crippen LogP contribution in [0.25, 0.3) is 10.9 Å². The SMILES string of the molecule is Cc1c(C2CC2)nc2ccc(Br)cc2c1C(=O)NCCN1CCCOCC1. The van der Waals surface area contributed by atoms with Gasteiger partial charge in [-0.15, -0.1) is 0 Å². The van der Waals surface area contributed by atoms with Gasteiger partial charge in [0.2, 0.25) is 0 Å². The molecule has 1 N–H and O–H groups in total. The smallest absolute Gasteiger partial charge is 0.252 e. The van der Waals surface area contributed by atoms with Crippen molar-refractivity contribution in [2.75, 3.05) is 39.4 Å². The predicted octanol–water partition coefficient (Wildman–Crippen LogP) is 3.64. The number of carbonyl (C=O) groups is 1. The number of ether oxygens (including phenoxy) is 1. The van der Waals surface area contributed by atoms with Crippen LogP contribution >= 0.6 is 15.9 Å². The fraction of sp³-hybridized carbons (Fsp3) is 0.524.